The molecule has 8 nitrogen and oxygen atoms in total. The number of esters is 1. The van der Waals surface area contributed by atoms with E-state index in [-0.39, 0.29) is 13.2 Å². The van der Waals surface area contributed by atoms with Gasteiger partial charge in [0.1, 0.15) is 11.5 Å². The molecular formula is C23H34N2O6S2. The maximum absolute atomic E-state index is 12.3. The van der Waals surface area contributed by atoms with Crippen LogP contribution in [-0.2, 0) is 21.2 Å². The summed E-state index contributed by atoms with van der Waals surface area (Å²) in [5.41, 5.74) is 4.21. The Morgan fingerprint density at radius 3 is 2.52 bits per heavy atom. The third-order valence-electron chi connectivity index (χ3n) is 4.97. The minimum absolute atomic E-state index is 0.0316. The highest BCUT2D eigenvalue weighted by atomic mass is 32.2. The van der Waals surface area contributed by atoms with Crippen LogP contribution in [0.5, 0.6) is 0 Å². The van der Waals surface area contributed by atoms with Crippen molar-refractivity contribution in [2.24, 2.45) is 0 Å². The van der Waals surface area contributed by atoms with E-state index in [2.05, 4.69) is 12.3 Å². The van der Waals surface area contributed by atoms with Crippen molar-refractivity contribution in [1.82, 2.24) is 5.43 Å². The van der Waals surface area contributed by atoms with E-state index < -0.39 is 22.1 Å². The van der Waals surface area contributed by atoms with Gasteiger partial charge < -0.3 is 14.9 Å². The van der Waals surface area contributed by atoms with Crippen molar-refractivity contribution >= 4 is 33.0 Å². The Bertz CT molecular complexity index is 960. The Morgan fingerprint density at radius 1 is 1.15 bits per heavy atom. The van der Waals surface area contributed by atoms with E-state index in [9.17, 15) is 18.3 Å². The summed E-state index contributed by atoms with van der Waals surface area (Å²) in [6, 6.07) is 10.4. The monoisotopic (exact) mass is 498 g/mol. The van der Waals surface area contributed by atoms with Crippen molar-refractivity contribution in [1.29, 1.82) is 0 Å². The molecule has 0 spiro atoms. The van der Waals surface area contributed by atoms with Gasteiger partial charge in [-0.2, -0.15) is 0 Å². The lowest BCUT2D eigenvalue weighted by Gasteiger charge is -2.23. The van der Waals surface area contributed by atoms with E-state index in [0.717, 1.165) is 40.4 Å². The third kappa shape index (κ3) is 9.05. The van der Waals surface area contributed by atoms with Gasteiger partial charge in [-0.05, 0) is 49.1 Å². The molecule has 0 amide bonds. The summed E-state index contributed by atoms with van der Waals surface area (Å²) in [7, 11) is -3.55. The predicted octanol–water partition coefficient (Wildman–Crippen LogP) is 3.41. The van der Waals surface area contributed by atoms with Crippen LogP contribution in [0.4, 0.5) is 5.69 Å². The lowest BCUT2D eigenvalue weighted by molar-refractivity contribution is 0.0439. The predicted molar refractivity (Wildman–Crippen MR) is 131 cm³/mol. The number of thiophene rings is 1. The van der Waals surface area contributed by atoms with Crippen LogP contribution in [0.3, 0.4) is 0 Å². The SMILES string of the molecule is CCCCCC(O)c1ccc(N(NCCCc2ccc(C(=O)OCCO)s2)S(C)(=O)=O)cc1. The van der Waals surface area contributed by atoms with Gasteiger partial charge in [0.2, 0.25) is 10.0 Å². The second kappa shape index (κ2) is 13.7. The molecule has 1 aromatic heterocycles. The summed E-state index contributed by atoms with van der Waals surface area (Å²) in [4.78, 5) is 13.3. The largest absolute Gasteiger partial charge is 0.459 e. The molecule has 33 heavy (non-hydrogen) atoms. The first kappa shape index (κ1) is 27.3. The number of aliphatic hydroxyl groups is 2. The fourth-order valence-electron chi connectivity index (χ4n) is 3.26. The molecule has 1 atom stereocenters. The van der Waals surface area contributed by atoms with Crippen LogP contribution in [-0.4, -0.2) is 50.6 Å². The number of carbonyl (C=O) groups is 1. The average molecular weight is 499 g/mol. The summed E-state index contributed by atoms with van der Waals surface area (Å²) >= 11 is 1.32. The zero-order valence-corrected chi connectivity index (χ0v) is 20.8. The Labute approximate surface area is 200 Å². The highest BCUT2D eigenvalue weighted by molar-refractivity contribution is 7.92. The Balaban J connectivity index is 1.90. The first-order chi connectivity index (χ1) is 15.8. The number of unbranched alkanes of at least 4 members (excludes halogenated alkanes) is 2. The average Bonchev–Trinajstić information content (AvgIpc) is 3.26. The Morgan fingerprint density at radius 2 is 1.88 bits per heavy atom. The van der Waals surface area contributed by atoms with Gasteiger partial charge >= 0.3 is 5.97 Å². The molecule has 0 aliphatic heterocycles. The number of aliphatic hydroxyl groups excluding tert-OH is 2. The molecule has 2 aromatic rings. The first-order valence-electron chi connectivity index (χ1n) is 11.1. The van der Waals surface area contributed by atoms with E-state index in [0.29, 0.717) is 36.4 Å². The molecule has 3 N–H and O–H groups in total. The maximum atomic E-state index is 12.3. The summed E-state index contributed by atoms with van der Waals surface area (Å²) in [5, 5.41) is 19.0. The number of nitrogens with one attached hydrogen (secondary N) is 1. The van der Waals surface area contributed by atoms with Crippen LogP contribution in [0.25, 0.3) is 0 Å². The maximum Gasteiger partial charge on any atom is 0.348 e. The fraction of sp³-hybridized carbons (Fsp3) is 0.522. The van der Waals surface area contributed by atoms with Crippen molar-refractivity contribution in [3.8, 4) is 0 Å². The molecular weight excluding hydrogens is 464 g/mol. The summed E-state index contributed by atoms with van der Waals surface area (Å²) in [6.07, 6.45) is 5.71. The van der Waals surface area contributed by atoms with Crippen LogP contribution in [0.2, 0.25) is 0 Å². The third-order valence-corrected chi connectivity index (χ3v) is 7.10. The molecule has 0 saturated heterocycles. The van der Waals surface area contributed by atoms with Gasteiger partial charge in [0, 0.05) is 11.4 Å². The van der Waals surface area contributed by atoms with Crippen LogP contribution < -0.4 is 9.84 Å². The van der Waals surface area contributed by atoms with Gasteiger partial charge in [0.05, 0.1) is 24.7 Å². The number of anilines is 1. The topological polar surface area (TPSA) is 116 Å². The molecule has 1 heterocycles. The van der Waals surface area contributed by atoms with Crippen molar-refractivity contribution in [3.63, 3.8) is 0 Å². The van der Waals surface area contributed by atoms with Crippen LogP contribution >= 0.6 is 11.3 Å². The Hall–Kier alpha value is -1.98. The number of benzene rings is 1. The lowest BCUT2D eigenvalue weighted by Crippen LogP contribution is -2.43. The number of rotatable bonds is 15. The highest BCUT2D eigenvalue weighted by Gasteiger charge is 2.18. The fourth-order valence-corrected chi connectivity index (χ4v) is 5.03. The van der Waals surface area contributed by atoms with E-state index in [1.807, 2.05) is 6.07 Å². The lowest BCUT2D eigenvalue weighted by atomic mass is 10.0. The molecule has 10 heteroatoms. The molecule has 0 fully saturated rings. The summed E-state index contributed by atoms with van der Waals surface area (Å²) < 4.78 is 30.6. The van der Waals surface area contributed by atoms with Gasteiger partial charge in [0.25, 0.3) is 0 Å². The van der Waals surface area contributed by atoms with Crippen molar-refractivity contribution in [3.05, 3.63) is 51.7 Å². The highest BCUT2D eigenvalue weighted by Crippen LogP contribution is 2.24. The van der Waals surface area contributed by atoms with E-state index in [1.165, 1.54) is 11.3 Å². The molecule has 2 rings (SSSR count). The smallest absolute Gasteiger partial charge is 0.348 e. The molecule has 0 radical (unpaired) electrons. The Kier molecular flexibility index (Phi) is 11.3. The van der Waals surface area contributed by atoms with Crippen LogP contribution in [0.1, 0.15) is 65.2 Å². The molecule has 0 saturated carbocycles. The molecule has 0 aliphatic rings. The second-order valence-corrected chi connectivity index (χ2v) is 10.8. The quantitative estimate of drug-likeness (QED) is 0.196. The number of carbonyl (C=O) groups excluding carboxylic acids is 1. The molecule has 0 bridgehead atoms. The van der Waals surface area contributed by atoms with Crippen molar-refractivity contribution < 1.29 is 28.2 Å². The van der Waals surface area contributed by atoms with Crippen LogP contribution in [0, 0.1) is 0 Å². The number of ether oxygens (including phenoxy) is 1. The van der Waals surface area contributed by atoms with E-state index >= 15 is 0 Å². The summed E-state index contributed by atoms with van der Waals surface area (Å²) in [5.74, 6) is -0.458. The number of hydrazine groups is 1. The molecule has 184 valence electrons. The van der Waals surface area contributed by atoms with E-state index in [1.54, 1.807) is 30.3 Å². The van der Waals surface area contributed by atoms with E-state index in [4.69, 9.17) is 9.84 Å². The van der Waals surface area contributed by atoms with Gasteiger partial charge in [-0.1, -0.05) is 38.3 Å². The minimum Gasteiger partial charge on any atom is -0.459 e. The number of nitrogens with zero attached hydrogens (tertiary/aromatic N) is 1. The molecule has 0 aliphatic carbocycles. The summed E-state index contributed by atoms with van der Waals surface area (Å²) in [6.45, 7) is 2.28. The zero-order chi connectivity index (χ0) is 24.3. The van der Waals surface area contributed by atoms with Gasteiger partial charge in [-0.3, -0.25) is 0 Å². The second-order valence-electron chi connectivity index (χ2n) is 7.77. The standard InChI is InChI=1S/C23H34N2O6S2/c1-3-4-5-8-21(27)18-9-11-19(12-10-18)25(33(2,29)30)24-15-6-7-20-13-14-22(32-20)23(28)31-17-16-26/h9-14,21,24,26-27H,3-8,15-17H2,1-2H3. The number of sulfonamides is 1. The zero-order valence-electron chi connectivity index (χ0n) is 19.2. The van der Waals surface area contributed by atoms with Crippen LogP contribution in [0.15, 0.2) is 36.4 Å². The molecule has 1 aromatic carbocycles. The van der Waals surface area contributed by atoms with Gasteiger partial charge in [-0.25, -0.2) is 23.1 Å². The number of hydrogen-bond acceptors (Lipinski definition) is 8. The van der Waals surface area contributed by atoms with Crippen molar-refractivity contribution in [2.45, 2.75) is 51.6 Å². The molecule has 1 unspecified atom stereocenters. The first-order valence-corrected chi connectivity index (χ1v) is 13.8. The van der Waals surface area contributed by atoms with Gasteiger partial charge in [0.15, 0.2) is 0 Å². The van der Waals surface area contributed by atoms with Gasteiger partial charge in [-0.15, -0.1) is 11.3 Å². The minimum atomic E-state index is -3.55. The van der Waals surface area contributed by atoms with Crippen molar-refractivity contribution in [2.75, 3.05) is 30.4 Å². The number of aryl methyl sites for hydroxylation is 1. The number of hydrogen-bond donors (Lipinski definition) is 3. The normalized spacial score (nSPS) is 12.5.